The normalized spacial score (nSPS) is 12.6. The number of thioether (sulfide) groups is 1. The van der Waals surface area contributed by atoms with E-state index >= 15 is 0 Å². The van der Waals surface area contributed by atoms with Crippen molar-refractivity contribution in [2.45, 2.75) is 26.8 Å². The smallest absolute Gasteiger partial charge is 0.313 e. The van der Waals surface area contributed by atoms with Gasteiger partial charge in [0.15, 0.2) is 0 Å². The number of amides is 1. The number of aliphatic carboxylic acids is 1. The van der Waals surface area contributed by atoms with E-state index in [4.69, 9.17) is 5.11 Å². The molecule has 82 valence electrons. The fraction of sp³-hybridized carbons (Fsp3) is 0.778. The SMILES string of the molecule is CC(C)C(C)NC(=O)CSCC(=O)O. The van der Waals surface area contributed by atoms with Crippen molar-refractivity contribution in [1.29, 1.82) is 0 Å². The van der Waals surface area contributed by atoms with Crippen molar-refractivity contribution < 1.29 is 14.7 Å². The summed E-state index contributed by atoms with van der Waals surface area (Å²) in [6.07, 6.45) is 0. The summed E-state index contributed by atoms with van der Waals surface area (Å²) in [6.45, 7) is 5.98. The van der Waals surface area contributed by atoms with Crippen molar-refractivity contribution in [1.82, 2.24) is 5.32 Å². The minimum Gasteiger partial charge on any atom is -0.481 e. The van der Waals surface area contributed by atoms with Crippen LogP contribution in [0.4, 0.5) is 0 Å². The van der Waals surface area contributed by atoms with Crippen molar-refractivity contribution in [3.05, 3.63) is 0 Å². The lowest BCUT2D eigenvalue weighted by molar-refractivity contribution is -0.133. The lowest BCUT2D eigenvalue weighted by Gasteiger charge is -2.16. The number of carbonyl (C=O) groups is 2. The average Bonchev–Trinajstić information content (AvgIpc) is 2.02. The highest BCUT2D eigenvalue weighted by molar-refractivity contribution is 8.00. The van der Waals surface area contributed by atoms with E-state index in [9.17, 15) is 9.59 Å². The van der Waals surface area contributed by atoms with Gasteiger partial charge in [0.05, 0.1) is 11.5 Å². The molecule has 0 spiro atoms. The van der Waals surface area contributed by atoms with Gasteiger partial charge in [0, 0.05) is 6.04 Å². The quantitative estimate of drug-likeness (QED) is 0.698. The molecule has 0 bridgehead atoms. The van der Waals surface area contributed by atoms with Crippen molar-refractivity contribution >= 4 is 23.6 Å². The van der Waals surface area contributed by atoms with Crippen molar-refractivity contribution in [3.8, 4) is 0 Å². The third kappa shape index (κ3) is 6.77. The van der Waals surface area contributed by atoms with E-state index in [0.29, 0.717) is 5.92 Å². The van der Waals surface area contributed by atoms with Gasteiger partial charge in [0.2, 0.25) is 5.91 Å². The summed E-state index contributed by atoms with van der Waals surface area (Å²) >= 11 is 1.11. The molecule has 4 nitrogen and oxygen atoms in total. The van der Waals surface area contributed by atoms with Crippen molar-refractivity contribution in [2.24, 2.45) is 5.92 Å². The third-order valence-electron chi connectivity index (χ3n) is 1.85. The van der Waals surface area contributed by atoms with Gasteiger partial charge in [0.1, 0.15) is 0 Å². The molecular formula is C9H17NO3S. The molecule has 0 aliphatic rings. The van der Waals surface area contributed by atoms with Gasteiger partial charge >= 0.3 is 5.97 Å². The second kappa shape index (κ2) is 6.70. The zero-order valence-electron chi connectivity index (χ0n) is 8.74. The van der Waals surface area contributed by atoms with E-state index in [-0.39, 0.29) is 23.5 Å². The van der Waals surface area contributed by atoms with Crippen LogP contribution < -0.4 is 5.32 Å². The van der Waals surface area contributed by atoms with E-state index in [2.05, 4.69) is 5.32 Å². The maximum atomic E-state index is 11.2. The summed E-state index contributed by atoms with van der Waals surface area (Å²) in [5.74, 6) is -0.409. The molecule has 5 heteroatoms. The molecule has 0 aliphatic carbocycles. The van der Waals surface area contributed by atoms with Crippen LogP contribution in [-0.2, 0) is 9.59 Å². The lowest BCUT2D eigenvalue weighted by atomic mass is 10.1. The maximum absolute atomic E-state index is 11.2. The van der Waals surface area contributed by atoms with Gasteiger partial charge in [0.25, 0.3) is 0 Å². The average molecular weight is 219 g/mol. The van der Waals surface area contributed by atoms with Gasteiger partial charge in [-0.1, -0.05) is 13.8 Å². The largest absolute Gasteiger partial charge is 0.481 e. The summed E-state index contributed by atoms with van der Waals surface area (Å²) in [5, 5.41) is 11.1. The highest BCUT2D eigenvalue weighted by Gasteiger charge is 2.10. The molecule has 14 heavy (non-hydrogen) atoms. The van der Waals surface area contributed by atoms with Gasteiger partial charge in [-0.25, -0.2) is 0 Å². The van der Waals surface area contributed by atoms with Crippen LogP contribution in [0.1, 0.15) is 20.8 Å². The van der Waals surface area contributed by atoms with Crippen LogP contribution in [0.3, 0.4) is 0 Å². The topological polar surface area (TPSA) is 66.4 Å². The van der Waals surface area contributed by atoms with Crippen LogP contribution in [0.15, 0.2) is 0 Å². The van der Waals surface area contributed by atoms with Crippen LogP contribution in [0.25, 0.3) is 0 Å². The predicted octanol–water partition coefficient (Wildman–Crippen LogP) is 0.965. The second-order valence-corrected chi connectivity index (χ2v) is 4.47. The number of hydrogen-bond donors (Lipinski definition) is 2. The zero-order chi connectivity index (χ0) is 11.1. The fourth-order valence-electron chi connectivity index (χ4n) is 0.693. The van der Waals surface area contributed by atoms with Crippen molar-refractivity contribution in [2.75, 3.05) is 11.5 Å². The van der Waals surface area contributed by atoms with Gasteiger partial charge in [-0.2, -0.15) is 0 Å². The number of carboxylic acid groups (broad SMARTS) is 1. The number of carbonyl (C=O) groups excluding carboxylic acids is 1. The molecular weight excluding hydrogens is 202 g/mol. The standard InChI is InChI=1S/C9H17NO3S/c1-6(2)7(3)10-8(11)4-14-5-9(12)13/h6-7H,4-5H2,1-3H3,(H,10,11)(H,12,13). The van der Waals surface area contributed by atoms with E-state index in [1.165, 1.54) is 0 Å². The molecule has 1 unspecified atom stereocenters. The summed E-state index contributed by atoms with van der Waals surface area (Å²) in [4.78, 5) is 21.4. The molecule has 0 aromatic heterocycles. The van der Waals surface area contributed by atoms with Gasteiger partial charge < -0.3 is 10.4 Å². The van der Waals surface area contributed by atoms with Crippen LogP contribution in [-0.4, -0.2) is 34.5 Å². The second-order valence-electron chi connectivity index (χ2n) is 3.49. The summed E-state index contributed by atoms with van der Waals surface area (Å²) in [6, 6.07) is 0.132. The van der Waals surface area contributed by atoms with Crippen molar-refractivity contribution in [3.63, 3.8) is 0 Å². The van der Waals surface area contributed by atoms with Gasteiger partial charge in [-0.05, 0) is 12.8 Å². The van der Waals surface area contributed by atoms with Gasteiger partial charge in [-0.15, -0.1) is 11.8 Å². The minimum absolute atomic E-state index is 0.0243. The highest BCUT2D eigenvalue weighted by atomic mass is 32.2. The Labute approximate surface area is 88.4 Å². The Morgan fingerprint density at radius 3 is 2.29 bits per heavy atom. The third-order valence-corrected chi connectivity index (χ3v) is 2.76. The molecule has 0 fully saturated rings. The van der Waals surface area contributed by atoms with Crippen LogP contribution in [0.2, 0.25) is 0 Å². The molecule has 0 radical (unpaired) electrons. The number of rotatable bonds is 6. The summed E-state index contributed by atoms with van der Waals surface area (Å²) in [7, 11) is 0. The van der Waals surface area contributed by atoms with Crippen LogP contribution in [0, 0.1) is 5.92 Å². The Kier molecular flexibility index (Phi) is 6.36. The predicted molar refractivity (Wildman–Crippen MR) is 57.4 cm³/mol. The monoisotopic (exact) mass is 219 g/mol. The number of nitrogens with one attached hydrogen (secondary N) is 1. The Bertz CT molecular complexity index is 206. The maximum Gasteiger partial charge on any atom is 0.313 e. The van der Waals surface area contributed by atoms with E-state index in [1.807, 2.05) is 20.8 Å². The Morgan fingerprint density at radius 1 is 1.29 bits per heavy atom. The molecule has 0 saturated carbocycles. The summed E-state index contributed by atoms with van der Waals surface area (Å²) in [5.41, 5.74) is 0. The molecule has 0 aromatic carbocycles. The highest BCUT2D eigenvalue weighted by Crippen LogP contribution is 2.02. The number of hydrogen-bond acceptors (Lipinski definition) is 3. The lowest BCUT2D eigenvalue weighted by Crippen LogP contribution is -2.37. The first-order chi connectivity index (χ1) is 6.43. The first-order valence-electron chi connectivity index (χ1n) is 4.52. The van der Waals surface area contributed by atoms with E-state index in [1.54, 1.807) is 0 Å². The fourth-order valence-corrected chi connectivity index (χ4v) is 1.24. The summed E-state index contributed by atoms with van der Waals surface area (Å²) < 4.78 is 0. The number of carboxylic acids is 1. The van der Waals surface area contributed by atoms with E-state index in [0.717, 1.165) is 11.8 Å². The first-order valence-corrected chi connectivity index (χ1v) is 5.68. The van der Waals surface area contributed by atoms with E-state index < -0.39 is 5.97 Å². The molecule has 1 amide bonds. The molecule has 0 rings (SSSR count). The van der Waals surface area contributed by atoms with Crippen LogP contribution >= 0.6 is 11.8 Å². The molecule has 1 atom stereocenters. The van der Waals surface area contributed by atoms with Crippen LogP contribution in [0.5, 0.6) is 0 Å². The zero-order valence-corrected chi connectivity index (χ0v) is 9.56. The first kappa shape index (κ1) is 13.3. The Balaban J connectivity index is 3.60. The molecule has 0 saturated heterocycles. The molecule has 0 aromatic rings. The molecule has 0 heterocycles. The molecule has 2 N–H and O–H groups in total. The minimum atomic E-state index is -0.889. The Morgan fingerprint density at radius 2 is 1.86 bits per heavy atom. The van der Waals surface area contributed by atoms with Gasteiger partial charge in [-0.3, -0.25) is 9.59 Å². The Hall–Kier alpha value is -0.710. The molecule has 0 aliphatic heterocycles.